The van der Waals surface area contributed by atoms with E-state index in [0.717, 1.165) is 13.0 Å². The van der Waals surface area contributed by atoms with E-state index in [0.29, 0.717) is 45.0 Å². The van der Waals surface area contributed by atoms with Gasteiger partial charge in [-0.05, 0) is 50.1 Å². The van der Waals surface area contributed by atoms with Gasteiger partial charge in [0.2, 0.25) is 10.0 Å². The summed E-state index contributed by atoms with van der Waals surface area (Å²) < 4.78 is 32.3. The summed E-state index contributed by atoms with van der Waals surface area (Å²) in [6, 6.07) is 17.3. The summed E-state index contributed by atoms with van der Waals surface area (Å²) >= 11 is 0. The number of piperazine rings is 1. The van der Waals surface area contributed by atoms with Crippen LogP contribution in [-0.4, -0.2) is 86.5 Å². The highest BCUT2D eigenvalue weighted by Gasteiger charge is 2.32. The molecule has 0 aliphatic carbocycles. The zero-order valence-electron chi connectivity index (χ0n) is 19.4. The number of carbonyl (C=O) groups excluding carboxylic acids is 1. The zero-order chi connectivity index (χ0) is 23.4. The van der Waals surface area contributed by atoms with Crippen LogP contribution in [0.15, 0.2) is 59.5 Å². The lowest BCUT2D eigenvalue weighted by atomic mass is 10.0. The summed E-state index contributed by atoms with van der Waals surface area (Å²) in [4.78, 5) is 17.7. The molecule has 2 aromatic carbocycles. The first kappa shape index (κ1) is 23.9. The van der Waals surface area contributed by atoms with Crippen molar-refractivity contribution in [3.8, 4) is 0 Å². The number of benzene rings is 2. The van der Waals surface area contributed by atoms with Crippen LogP contribution in [0.3, 0.4) is 0 Å². The van der Waals surface area contributed by atoms with E-state index in [1.54, 1.807) is 24.3 Å². The van der Waals surface area contributed by atoms with E-state index in [1.165, 1.54) is 9.87 Å². The minimum absolute atomic E-state index is 0.0493. The van der Waals surface area contributed by atoms with Gasteiger partial charge in [0, 0.05) is 50.4 Å². The Labute approximate surface area is 197 Å². The van der Waals surface area contributed by atoms with Gasteiger partial charge in [-0.25, -0.2) is 8.42 Å². The second-order valence-corrected chi connectivity index (χ2v) is 10.9. The molecule has 8 heteroatoms. The molecule has 1 amide bonds. The number of amides is 1. The molecule has 7 nitrogen and oxygen atoms in total. The second kappa shape index (κ2) is 10.3. The lowest BCUT2D eigenvalue weighted by Crippen LogP contribution is -2.58. The lowest BCUT2D eigenvalue weighted by molar-refractivity contribution is 0.0311. The molecule has 0 aromatic heterocycles. The molecule has 0 bridgehead atoms. The van der Waals surface area contributed by atoms with Crippen molar-refractivity contribution in [3.63, 3.8) is 0 Å². The molecule has 178 valence electrons. The van der Waals surface area contributed by atoms with Crippen molar-refractivity contribution in [2.45, 2.75) is 37.2 Å². The third-order valence-corrected chi connectivity index (χ3v) is 8.51. The van der Waals surface area contributed by atoms with Crippen LogP contribution < -0.4 is 0 Å². The number of morpholine rings is 1. The molecule has 2 aliphatic heterocycles. The van der Waals surface area contributed by atoms with Crippen LogP contribution in [0.2, 0.25) is 0 Å². The Morgan fingerprint density at radius 3 is 2.15 bits per heavy atom. The fraction of sp³-hybridized carbons (Fsp3) is 0.480. The maximum atomic E-state index is 13.2. The maximum Gasteiger partial charge on any atom is 0.253 e. The number of hydrogen-bond acceptors (Lipinski definition) is 5. The van der Waals surface area contributed by atoms with Gasteiger partial charge in [-0.15, -0.1) is 0 Å². The fourth-order valence-electron chi connectivity index (χ4n) is 4.75. The first-order valence-corrected chi connectivity index (χ1v) is 13.1. The molecule has 2 heterocycles. The van der Waals surface area contributed by atoms with E-state index < -0.39 is 10.0 Å². The largest absolute Gasteiger partial charge is 0.379 e. The van der Waals surface area contributed by atoms with Crippen LogP contribution in [0.5, 0.6) is 0 Å². The molecule has 2 aliphatic rings. The molecule has 4 rings (SSSR count). The third-order valence-electron chi connectivity index (χ3n) is 6.60. The van der Waals surface area contributed by atoms with Crippen LogP contribution in [0.1, 0.15) is 29.8 Å². The van der Waals surface area contributed by atoms with Crippen LogP contribution in [0.4, 0.5) is 0 Å². The maximum absolute atomic E-state index is 13.2. The average molecular weight is 472 g/mol. The van der Waals surface area contributed by atoms with E-state index >= 15 is 0 Å². The topological polar surface area (TPSA) is 70.2 Å². The van der Waals surface area contributed by atoms with E-state index in [4.69, 9.17) is 4.74 Å². The third kappa shape index (κ3) is 5.46. The smallest absolute Gasteiger partial charge is 0.253 e. The molecule has 0 spiro atoms. The summed E-state index contributed by atoms with van der Waals surface area (Å²) in [5.74, 6) is -0.0493. The summed E-state index contributed by atoms with van der Waals surface area (Å²) in [7, 11) is -3.56. The summed E-state index contributed by atoms with van der Waals surface area (Å²) in [6.07, 6.45) is 0.989. The highest BCUT2D eigenvalue weighted by atomic mass is 32.2. The predicted molar refractivity (Wildman–Crippen MR) is 128 cm³/mol. The molecule has 2 fully saturated rings. The Balaban J connectivity index is 1.38. The standard InChI is InChI=1S/C25H33N3O4S/c1-20-18-26(19-21(2)28(20)13-12-22-6-4-3-5-7-22)25(29)23-8-10-24(11-9-23)33(30,31)27-14-16-32-17-15-27/h3-11,20-21H,12-19H2,1-2H3. The Bertz CT molecular complexity index is 1030. The molecule has 33 heavy (non-hydrogen) atoms. The average Bonchev–Trinajstić information content (AvgIpc) is 2.84. The van der Waals surface area contributed by atoms with Crippen LogP contribution >= 0.6 is 0 Å². The van der Waals surface area contributed by atoms with Gasteiger partial charge in [0.25, 0.3) is 5.91 Å². The van der Waals surface area contributed by atoms with Crippen molar-refractivity contribution in [3.05, 3.63) is 65.7 Å². The van der Waals surface area contributed by atoms with Crippen molar-refractivity contribution in [1.29, 1.82) is 0 Å². The molecule has 0 N–H and O–H groups in total. The van der Waals surface area contributed by atoms with Gasteiger partial charge in [0.15, 0.2) is 0 Å². The van der Waals surface area contributed by atoms with Gasteiger partial charge in [-0.1, -0.05) is 30.3 Å². The van der Waals surface area contributed by atoms with Crippen molar-refractivity contribution in [2.75, 3.05) is 45.9 Å². The molecule has 0 saturated carbocycles. The summed E-state index contributed by atoms with van der Waals surface area (Å²) in [5, 5.41) is 0. The second-order valence-electron chi connectivity index (χ2n) is 8.92. The molecule has 2 atom stereocenters. The first-order chi connectivity index (χ1) is 15.9. The van der Waals surface area contributed by atoms with Crippen LogP contribution in [0, 0.1) is 0 Å². The molecular weight excluding hydrogens is 438 g/mol. The normalized spacial score (nSPS) is 22.9. The highest BCUT2D eigenvalue weighted by molar-refractivity contribution is 7.89. The van der Waals surface area contributed by atoms with Crippen LogP contribution in [-0.2, 0) is 21.2 Å². The Morgan fingerprint density at radius 2 is 1.55 bits per heavy atom. The zero-order valence-corrected chi connectivity index (χ0v) is 20.2. The number of nitrogens with zero attached hydrogens (tertiary/aromatic N) is 3. The number of sulfonamides is 1. The quantitative estimate of drug-likeness (QED) is 0.648. The number of rotatable bonds is 6. The van der Waals surface area contributed by atoms with Gasteiger partial charge in [-0.3, -0.25) is 9.69 Å². The van der Waals surface area contributed by atoms with Gasteiger partial charge in [0.1, 0.15) is 0 Å². The Morgan fingerprint density at radius 1 is 0.939 bits per heavy atom. The monoisotopic (exact) mass is 471 g/mol. The Hall–Kier alpha value is -2.26. The minimum Gasteiger partial charge on any atom is -0.379 e. The van der Waals surface area contributed by atoms with E-state index in [2.05, 4.69) is 43.0 Å². The van der Waals surface area contributed by atoms with Gasteiger partial charge in [0.05, 0.1) is 18.1 Å². The number of ether oxygens (including phenoxy) is 1. The Kier molecular flexibility index (Phi) is 7.48. The molecule has 2 aromatic rings. The highest BCUT2D eigenvalue weighted by Crippen LogP contribution is 2.21. The van der Waals surface area contributed by atoms with Crippen molar-refractivity contribution >= 4 is 15.9 Å². The van der Waals surface area contributed by atoms with E-state index in [1.807, 2.05) is 11.0 Å². The molecular formula is C25H33N3O4S. The summed E-state index contributed by atoms with van der Waals surface area (Å²) in [5.41, 5.74) is 1.84. The minimum atomic E-state index is -3.56. The molecule has 0 radical (unpaired) electrons. The number of hydrogen-bond donors (Lipinski definition) is 0. The van der Waals surface area contributed by atoms with Gasteiger partial charge in [-0.2, -0.15) is 4.31 Å². The number of carbonyl (C=O) groups is 1. The summed E-state index contributed by atoms with van der Waals surface area (Å²) in [6.45, 7) is 8.13. The van der Waals surface area contributed by atoms with Crippen LogP contribution in [0.25, 0.3) is 0 Å². The van der Waals surface area contributed by atoms with E-state index in [9.17, 15) is 13.2 Å². The predicted octanol–water partition coefficient (Wildman–Crippen LogP) is 2.49. The lowest BCUT2D eigenvalue weighted by Gasteiger charge is -2.44. The van der Waals surface area contributed by atoms with Crippen molar-refractivity contribution < 1.29 is 17.9 Å². The van der Waals surface area contributed by atoms with Crippen molar-refractivity contribution in [2.24, 2.45) is 0 Å². The van der Waals surface area contributed by atoms with Crippen molar-refractivity contribution in [1.82, 2.24) is 14.1 Å². The molecule has 2 unspecified atom stereocenters. The fourth-order valence-corrected chi connectivity index (χ4v) is 6.16. The molecule has 2 saturated heterocycles. The SMILES string of the molecule is CC1CN(C(=O)c2ccc(S(=O)(=O)N3CCOCC3)cc2)CC(C)N1CCc1ccccc1. The van der Waals surface area contributed by atoms with Gasteiger partial charge < -0.3 is 9.64 Å². The first-order valence-electron chi connectivity index (χ1n) is 11.6. The van der Waals surface area contributed by atoms with E-state index in [-0.39, 0.29) is 22.9 Å². The van der Waals surface area contributed by atoms with Gasteiger partial charge >= 0.3 is 0 Å².